The Kier molecular flexibility index (Phi) is 37.6. The molecule has 0 radical (unpaired) electrons. The molecule has 342 valence electrons. The molecule has 0 heterocycles. The van der Waals surface area contributed by atoms with Crippen LogP contribution in [0.3, 0.4) is 0 Å². The average molecular weight is 869 g/mol. The van der Waals surface area contributed by atoms with Crippen molar-refractivity contribution in [2.75, 3.05) is 47.5 Å². The number of phosphoric ester groups is 1. The van der Waals surface area contributed by atoms with E-state index in [0.717, 1.165) is 57.8 Å². The smallest absolute Gasteiger partial charge is 0.462 e. The van der Waals surface area contributed by atoms with E-state index < -0.39 is 38.6 Å². The second-order valence-corrected chi connectivity index (χ2v) is 16.6. The summed E-state index contributed by atoms with van der Waals surface area (Å²) in [5.41, 5.74) is 0. The summed E-state index contributed by atoms with van der Waals surface area (Å²) >= 11 is 0. The lowest BCUT2D eigenvalue weighted by Crippen LogP contribution is -2.37. The molecule has 0 bridgehead atoms. The standard InChI is InChI=1S/C50H78NO9P/c1-6-8-10-11-12-13-14-15-16-17-18-19-20-21-25-28-31-34-37-41-49(53)57-45-48(46-59-61(55,56)58-44-43-51(3,4)5)60-50(54)42-38-35-32-29-26-23-22-24-27-30-33-36-40-47(52)39-9-7-2/h8-10,12-13,15-16,18-19,21-23,25,27,29-34,36,39,47-48,52H,6-7,11,14,17,20,24,26,28,35,37-38,40-46H2,1-5H3/p+1/b10-8-,13-12-,16-15-,19-18-,23-22-,25-21-,30-27-,32-29-,34-31-,36-33+,39-9-/t47?,48-/m1/s1. The monoisotopic (exact) mass is 869 g/mol. The Morgan fingerprint density at radius 2 is 1.08 bits per heavy atom. The summed E-state index contributed by atoms with van der Waals surface area (Å²) in [6, 6.07) is 0. The Morgan fingerprint density at radius 1 is 0.590 bits per heavy atom. The van der Waals surface area contributed by atoms with Crippen molar-refractivity contribution in [1.82, 2.24) is 0 Å². The van der Waals surface area contributed by atoms with Gasteiger partial charge in [0.25, 0.3) is 0 Å². The zero-order chi connectivity index (χ0) is 45.1. The molecule has 0 aromatic rings. The van der Waals surface area contributed by atoms with E-state index >= 15 is 0 Å². The van der Waals surface area contributed by atoms with Crippen LogP contribution in [-0.4, -0.2) is 86.1 Å². The Bertz CT molecular complexity index is 1510. The normalized spacial score (nSPS) is 15.3. The lowest BCUT2D eigenvalue weighted by atomic mass is 10.2. The molecule has 0 aromatic heterocycles. The van der Waals surface area contributed by atoms with Gasteiger partial charge >= 0.3 is 19.8 Å². The van der Waals surface area contributed by atoms with Crippen molar-refractivity contribution in [2.45, 2.75) is 122 Å². The highest BCUT2D eigenvalue weighted by Crippen LogP contribution is 2.43. The molecule has 2 N–H and O–H groups in total. The lowest BCUT2D eigenvalue weighted by Gasteiger charge is -2.24. The number of likely N-dealkylation sites (N-methyl/N-ethyl adjacent to an activating group) is 1. The number of allylic oxidation sites excluding steroid dienone is 20. The van der Waals surface area contributed by atoms with Gasteiger partial charge in [-0.2, -0.15) is 0 Å². The number of phosphoric acid groups is 1. The molecule has 0 rings (SSSR count). The lowest BCUT2D eigenvalue weighted by molar-refractivity contribution is -0.870. The van der Waals surface area contributed by atoms with Gasteiger partial charge in [0.15, 0.2) is 6.10 Å². The van der Waals surface area contributed by atoms with Crippen LogP contribution in [0.25, 0.3) is 0 Å². The summed E-state index contributed by atoms with van der Waals surface area (Å²) < 4.78 is 34.1. The first-order valence-corrected chi connectivity index (χ1v) is 23.5. The third kappa shape index (κ3) is 44.0. The van der Waals surface area contributed by atoms with Crippen molar-refractivity contribution >= 4 is 19.8 Å². The third-order valence-corrected chi connectivity index (χ3v) is 9.25. The van der Waals surface area contributed by atoms with Gasteiger partial charge in [-0.25, -0.2) is 4.57 Å². The summed E-state index contributed by atoms with van der Waals surface area (Å²) in [6.07, 6.45) is 54.4. The number of rotatable bonds is 37. The highest BCUT2D eigenvalue weighted by atomic mass is 31.2. The van der Waals surface area contributed by atoms with E-state index in [9.17, 15) is 24.2 Å². The largest absolute Gasteiger partial charge is 0.472 e. The Morgan fingerprint density at radius 3 is 1.62 bits per heavy atom. The number of quaternary nitrogens is 1. The van der Waals surface area contributed by atoms with Gasteiger partial charge in [0, 0.05) is 12.8 Å². The second kappa shape index (κ2) is 40.2. The molecule has 0 saturated carbocycles. The quantitative estimate of drug-likeness (QED) is 0.0157. The Hall–Kier alpha value is -3.89. The molecule has 10 nitrogen and oxygen atoms in total. The van der Waals surface area contributed by atoms with Crippen LogP contribution in [0.2, 0.25) is 0 Å². The van der Waals surface area contributed by atoms with E-state index in [4.69, 9.17) is 18.5 Å². The number of carbonyl (C=O) groups excluding carboxylic acids is 2. The predicted octanol–water partition coefficient (Wildman–Crippen LogP) is 11.7. The Labute approximate surface area is 369 Å². The second-order valence-electron chi connectivity index (χ2n) is 15.2. The number of unbranched alkanes of at least 4 members (excludes halogenated alkanes) is 1. The minimum atomic E-state index is -4.43. The number of carbonyl (C=O) groups is 2. The first-order chi connectivity index (χ1) is 29.4. The first kappa shape index (κ1) is 57.1. The SMILES string of the molecule is CC/C=C\C/C=C\C/C=C\C/C=C\C/C=C\C/C=C\CCC(=O)OC[C@H](COP(=O)(O)OCC[N+](C)(C)C)OC(=O)CCC/C=C\C/C=C\C/C=C\C=C\CC(O)/C=C\CC. The molecule has 0 aliphatic rings. The van der Waals surface area contributed by atoms with E-state index in [1.165, 1.54) is 0 Å². The number of esters is 2. The van der Waals surface area contributed by atoms with Crippen LogP contribution in [0.4, 0.5) is 0 Å². The summed E-state index contributed by atoms with van der Waals surface area (Å²) in [5, 5.41) is 9.78. The van der Waals surface area contributed by atoms with E-state index in [-0.39, 0.29) is 26.1 Å². The first-order valence-electron chi connectivity index (χ1n) is 22.0. The summed E-state index contributed by atoms with van der Waals surface area (Å²) in [6.45, 7) is 3.86. The van der Waals surface area contributed by atoms with Gasteiger partial charge in [0.05, 0.1) is 33.9 Å². The minimum absolute atomic E-state index is 0.00661. The molecule has 0 spiro atoms. The molecule has 2 unspecified atom stereocenters. The molecular formula is C50H79NO9P+. The maximum absolute atomic E-state index is 12.7. The third-order valence-electron chi connectivity index (χ3n) is 8.26. The maximum Gasteiger partial charge on any atom is 0.472 e. The number of ether oxygens (including phenoxy) is 2. The van der Waals surface area contributed by atoms with Crippen molar-refractivity contribution in [3.8, 4) is 0 Å². The summed E-state index contributed by atoms with van der Waals surface area (Å²) in [5.74, 6) is -1.01. The number of hydrogen-bond acceptors (Lipinski definition) is 8. The van der Waals surface area contributed by atoms with Crippen LogP contribution < -0.4 is 0 Å². The zero-order valence-electron chi connectivity index (χ0n) is 37.9. The fraction of sp³-hybridized carbons (Fsp3) is 0.520. The van der Waals surface area contributed by atoms with Crippen LogP contribution >= 0.6 is 7.82 Å². The van der Waals surface area contributed by atoms with Crippen LogP contribution in [0.1, 0.15) is 110 Å². The van der Waals surface area contributed by atoms with Gasteiger partial charge < -0.3 is 24.0 Å². The van der Waals surface area contributed by atoms with Crippen molar-refractivity contribution in [2.24, 2.45) is 0 Å². The van der Waals surface area contributed by atoms with E-state index in [1.54, 1.807) is 0 Å². The van der Waals surface area contributed by atoms with Crippen LogP contribution in [0.15, 0.2) is 134 Å². The van der Waals surface area contributed by atoms with Crippen molar-refractivity contribution in [3.63, 3.8) is 0 Å². The molecule has 0 aliphatic carbocycles. The molecule has 61 heavy (non-hydrogen) atoms. The van der Waals surface area contributed by atoms with Gasteiger partial charge in [-0.15, -0.1) is 0 Å². The number of aliphatic hydroxyl groups is 1. The van der Waals surface area contributed by atoms with Crippen molar-refractivity contribution < 1.29 is 47.2 Å². The van der Waals surface area contributed by atoms with Crippen LogP contribution in [0, 0.1) is 0 Å². The molecule has 0 amide bonds. The van der Waals surface area contributed by atoms with Gasteiger partial charge in [0.2, 0.25) is 0 Å². The van der Waals surface area contributed by atoms with Crippen LogP contribution in [0.5, 0.6) is 0 Å². The molecule has 0 fully saturated rings. The highest BCUT2D eigenvalue weighted by molar-refractivity contribution is 7.47. The molecule has 11 heteroatoms. The molecule has 0 aliphatic heterocycles. The predicted molar refractivity (Wildman–Crippen MR) is 253 cm³/mol. The number of aliphatic hydroxyl groups excluding tert-OH is 1. The summed E-state index contributed by atoms with van der Waals surface area (Å²) in [4.78, 5) is 35.3. The van der Waals surface area contributed by atoms with Crippen molar-refractivity contribution in [1.29, 1.82) is 0 Å². The van der Waals surface area contributed by atoms with Gasteiger partial charge in [0.1, 0.15) is 19.8 Å². The highest BCUT2D eigenvalue weighted by Gasteiger charge is 2.27. The minimum Gasteiger partial charge on any atom is -0.462 e. The van der Waals surface area contributed by atoms with E-state index in [1.807, 2.05) is 88.8 Å². The Balaban J connectivity index is 4.64. The van der Waals surface area contributed by atoms with Crippen LogP contribution in [-0.2, 0) is 32.7 Å². The average Bonchev–Trinajstić information content (AvgIpc) is 3.21. The molecular weight excluding hydrogens is 790 g/mol. The van der Waals surface area contributed by atoms with Gasteiger partial charge in [-0.1, -0.05) is 148 Å². The topological polar surface area (TPSA) is 129 Å². The molecule has 3 atom stereocenters. The number of nitrogens with zero attached hydrogens (tertiary/aromatic N) is 1. The zero-order valence-corrected chi connectivity index (χ0v) is 38.8. The maximum atomic E-state index is 12.7. The fourth-order valence-corrected chi connectivity index (χ4v) is 5.60. The number of hydrogen-bond donors (Lipinski definition) is 2. The van der Waals surface area contributed by atoms with Crippen molar-refractivity contribution in [3.05, 3.63) is 134 Å². The van der Waals surface area contributed by atoms with E-state index in [0.29, 0.717) is 36.7 Å². The molecule has 0 saturated heterocycles. The van der Waals surface area contributed by atoms with Gasteiger partial charge in [-0.3, -0.25) is 18.6 Å². The van der Waals surface area contributed by atoms with Gasteiger partial charge in [-0.05, 0) is 83.5 Å². The van der Waals surface area contributed by atoms with E-state index in [2.05, 4.69) is 79.8 Å². The summed E-state index contributed by atoms with van der Waals surface area (Å²) in [7, 11) is 1.35. The fourth-order valence-electron chi connectivity index (χ4n) is 4.86. The molecule has 0 aromatic carbocycles.